The highest BCUT2D eigenvalue weighted by atomic mass is 16.2. The molecule has 0 unspecified atom stereocenters. The fourth-order valence-corrected chi connectivity index (χ4v) is 4.34. The van der Waals surface area contributed by atoms with Crippen LogP contribution in [0.1, 0.15) is 34.6 Å². The van der Waals surface area contributed by atoms with E-state index in [9.17, 15) is 9.59 Å². The number of carbonyl (C=O) groups is 1. The molecule has 0 saturated heterocycles. The zero-order valence-corrected chi connectivity index (χ0v) is 20.4. The van der Waals surface area contributed by atoms with E-state index in [1.165, 1.54) is 4.52 Å². The molecule has 2 aromatic carbocycles. The monoisotopic (exact) mass is 491 g/mol. The Kier molecular flexibility index (Phi) is 6.41. The van der Waals surface area contributed by atoms with Crippen molar-refractivity contribution in [2.45, 2.75) is 13.0 Å². The number of benzene rings is 2. The van der Waals surface area contributed by atoms with Crippen LogP contribution in [0.3, 0.4) is 0 Å². The Morgan fingerprint density at radius 2 is 1.95 bits per heavy atom. The minimum Gasteiger partial charge on any atom is -0.381 e. The van der Waals surface area contributed by atoms with Gasteiger partial charge in [0.1, 0.15) is 5.56 Å². The summed E-state index contributed by atoms with van der Waals surface area (Å²) in [5.74, 6) is 5.79. The maximum Gasteiger partial charge on any atom is 0.264 e. The van der Waals surface area contributed by atoms with Crippen molar-refractivity contribution in [2.24, 2.45) is 0 Å². The van der Waals surface area contributed by atoms with Gasteiger partial charge < -0.3 is 16.4 Å². The maximum atomic E-state index is 14.0. The van der Waals surface area contributed by atoms with Crippen molar-refractivity contribution < 1.29 is 4.79 Å². The van der Waals surface area contributed by atoms with E-state index >= 15 is 0 Å². The van der Waals surface area contributed by atoms with Crippen LogP contribution in [0.15, 0.2) is 77.9 Å². The maximum absolute atomic E-state index is 14.0. The summed E-state index contributed by atoms with van der Waals surface area (Å²) in [6, 6.07) is 18.0. The van der Waals surface area contributed by atoms with E-state index in [2.05, 4.69) is 32.6 Å². The van der Waals surface area contributed by atoms with Gasteiger partial charge in [-0.05, 0) is 49.7 Å². The molecular formula is C28H25N7O2. The smallest absolute Gasteiger partial charge is 0.264 e. The molecule has 0 fully saturated rings. The summed E-state index contributed by atoms with van der Waals surface area (Å²) in [5, 5.41) is 11.4. The third-order valence-electron chi connectivity index (χ3n) is 6.02. The van der Waals surface area contributed by atoms with E-state index in [0.29, 0.717) is 34.5 Å². The highest BCUT2D eigenvalue weighted by Gasteiger charge is 2.23. The van der Waals surface area contributed by atoms with E-state index in [0.717, 1.165) is 5.39 Å². The summed E-state index contributed by atoms with van der Waals surface area (Å²) in [7, 11) is 1.82. The summed E-state index contributed by atoms with van der Waals surface area (Å²) in [4.78, 5) is 31.6. The van der Waals surface area contributed by atoms with Crippen LogP contribution in [-0.2, 0) is 0 Å². The van der Waals surface area contributed by atoms with Gasteiger partial charge in [0.25, 0.3) is 11.5 Å². The van der Waals surface area contributed by atoms with Crippen molar-refractivity contribution >= 4 is 28.1 Å². The van der Waals surface area contributed by atoms with Crippen molar-refractivity contribution in [1.29, 1.82) is 0 Å². The molecule has 5 rings (SSSR count). The van der Waals surface area contributed by atoms with Gasteiger partial charge in [0.2, 0.25) is 0 Å². The number of aromatic nitrogens is 4. The fraction of sp³-hybridized carbons (Fsp3) is 0.143. The van der Waals surface area contributed by atoms with Gasteiger partial charge in [-0.3, -0.25) is 14.2 Å². The molecule has 0 radical (unpaired) electrons. The van der Waals surface area contributed by atoms with Crippen molar-refractivity contribution in [3.8, 4) is 17.5 Å². The first-order valence-corrected chi connectivity index (χ1v) is 11.8. The number of fused-ring (bicyclic) bond motifs is 2. The molecule has 1 atom stereocenters. The summed E-state index contributed by atoms with van der Waals surface area (Å²) >= 11 is 0. The molecule has 0 bridgehead atoms. The van der Waals surface area contributed by atoms with Gasteiger partial charge in [0, 0.05) is 29.3 Å². The Bertz CT molecular complexity index is 1740. The lowest BCUT2D eigenvalue weighted by Gasteiger charge is -2.21. The number of nitrogens with two attached hydrogens (primary N) is 1. The highest BCUT2D eigenvalue weighted by Crippen LogP contribution is 2.24. The molecule has 4 N–H and O–H groups in total. The van der Waals surface area contributed by atoms with E-state index in [4.69, 9.17) is 5.73 Å². The molecule has 3 aromatic heterocycles. The number of anilines is 1. The largest absolute Gasteiger partial charge is 0.381 e. The van der Waals surface area contributed by atoms with Gasteiger partial charge in [0.05, 0.1) is 18.0 Å². The molecule has 5 aromatic rings. The number of nitrogens with one attached hydrogen (secondary N) is 2. The Hall–Kier alpha value is -4.94. The van der Waals surface area contributed by atoms with Gasteiger partial charge in [-0.2, -0.15) is 0 Å². The summed E-state index contributed by atoms with van der Waals surface area (Å²) in [6.45, 7) is 2.33. The molecule has 3 heterocycles. The Morgan fingerprint density at radius 1 is 1.14 bits per heavy atom. The lowest BCUT2D eigenvalue weighted by Crippen LogP contribution is -2.32. The first-order valence-electron chi connectivity index (χ1n) is 11.8. The van der Waals surface area contributed by atoms with Crippen LogP contribution in [0.2, 0.25) is 0 Å². The van der Waals surface area contributed by atoms with Crippen molar-refractivity contribution in [1.82, 2.24) is 29.8 Å². The molecule has 9 nitrogen and oxygen atoms in total. The van der Waals surface area contributed by atoms with E-state index in [1.807, 2.05) is 68.6 Å². The lowest BCUT2D eigenvalue weighted by atomic mass is 10.0. The lowest BCUT2D eigenvalue weighted by molar-refractivity contribution is 0.0941. The number of nitrogens with zero attached hydrogens (tertiary/aromatic N) is 4. The van der Waals surface area contributed by atoms with Crippen LogP contribution in [0.5, 0.6) is 0 Å². The Balaban J connectivity index is 1.64. The third kappa shape index (κ3) is 4.42. The average molecular weight is 492 g/mol. The van der Waals surface area contributed by atoms with Gasteiger partial charge >= 0.3 is 0 Å². The van der Waals surface area contributed by atoms with Crippen LogP contribution in [0, 0.1) is 11.8 Å². The number of carbonyl (C=O) groups excluding carboxylic acids is 1. The molecule has 0 aliphatic heterocycles. The molecule has 37 heavy (non-hydrogen) atoms. The molecule has 0 aliphatic rings. The minimum atomic E-state index is -0.554. The van der Waals surface area contributed by atoms with E-state index in [1.54, 1.807) is 23.0 Å². The van der Waals surface area contributed by atoms with E-state index in [-0.39, 0.29) is 16.9 Å². The van der Waals surface area contributed by atoms with Crippen molar-refractivity contribution in [2.75, 3.05) is 19.3 Å². The summed E-state index contributed by atoms with van der Waals surface area (Å²) in [6.07, 6.45) is 3.25. The molecule has 0 aliphatic carbocycles. The van der Waals surface area contributed by atoms with Crippen molar-refractivity contribution in [3.05, 3.63) is 100 Å². The Morgan fingerprint density at radius 3 is 2.73 bits per heavy atom. The predicted octanol–water partition coefficient (Wildman–Crippen LogP) is 2.68. The molecule has 184 valence electrons. The second-order valence-electron chi connectivity index (χ2n) is 8.49. The van der Waals surface area contributed by atoms with Gasteiger partial charge in [-0.15, -0.1) is 5.10 Å². The van der Waals surface area contributed by atoms with Gasteiger partial charge in [0.15, 0.2) is 11.5 Å². The number of hydrogen-bond acceptors (Lipinski definition) is 6. The van der Waals surface area contributed by atoms with Crippen LogP contribution in [0.25, 0.3) is 22.1 Å². The molecule has 0 spiro atoms. The minimum absolute atomic E-state index is 0.0761. The topological polar surface area (TPSA) is 119 Å². The van der Waals surface area contributed by atoms with Crippen LogP contribution >= 0.6 is 0 Å². The number of rotatable bonds is 5. The molecular weight excluding hydrogens is 466 g/mol. The van der Waals surface area contributed by atoms with E-state index < -0.39 is 11.9 Å². The van der Waals surface area contributed by atoms with Gasteiger partial charge in [-0.1, -0.05) is 42.2 Å². The number of nitrogen functional groups attached to an aromatic ring is 1. The zero-order valence-electron chi connectivity index (χ0n) is 20.4. The zero-order chi connectivity index (χ0) is 25.9. The quantitative estimate of drug-likeness (QED) is 0.325. The first kappa shape index (κ1) is 23.8. The fourth-order valence-electron chi connectivity index (χ4n) is 4.34. The van der Waals surface area contributed by atoms with Crippen LogP contribution in [0.4, 0.5) is 5.82 Å². The molecule has 0 saturated carbocycles. The standard InChI is InChI=1S/C28H25N7O2/c1-18(32-27(36)24-25(29)33-34-16-8-15-31-26(24)34)22-17-20-10-6-9-19(11-7-14-30-2)23(20)28(37)35(22)21-12-4-3-5-13-21/h3-6,8-10,12-13,15-18,30H,14H2,1-2H3,(H2,29,33)(H,32,36)/t18-/m0/s1. The number of hydrogen-bond donors (Lipinski definition) is 3. The number of amides is 1. The van der Waals surface area contributed by atoms with Crippen LogP contribution < -0.4 is 21.9 Å². The summed E-state index contributed by atoms with van der Waals surface area (Å²) in [5.41, 5.74) is 8.31. The predicted molar refractivity (Wildman–Crippen MR) is 144 cm³/mol. The molecule has 9 heteroatoms. The first-order chi connectivity index (χ1) is 18.0. The SMILES string of the molecule is CNCC#Cc1cccc2cc([C@H](C)NC(=O)c3c(N)nn4cccnc34)n(-c3ccccc3)c(=O)c12. The van der Waals surface area contributed by atoms with Crippen LogP contribution in [-0.4, -0.2) is 38.7 Å². The normalized spacial score (nSPS) is 11.7. The second kappa shape index (κ2) is 9.97. The summed E-state index contributed by atoms with van der Waals surface area (Å²) < 4.78 is 3.08. The second-order valence-corrected chi connectivity index (χ2v) is 8.49. The highest BCUT2D eigenvalue weighted by molar-refractivity contribution is 6.04. The third-order valence-corrected chi connectivity index (χ3v) is 6.02. The Labute approximate surface area is 212 Å². The number of pyridine rings is 1. The number of para-hydroxylation sites is 1. The van der Waals surface area contributed by atoms with Gasteiger partial charge in [-0.25, -0.2) is 9.50 Å². The van der Waals surface area contributed by atoms with Crippen molar-refractivity contribution in [3.63, 3.8) is 0 Å². The average Bonchev–Trinajstić information content (AvgIpc) is 3.24. The molecule has 1 amide bonds.